The largest absolute Gasteiger partial charge is 0.480 e. The van der Waals surface area contributed by atoms with Crippen molar-refractivity contribution in [2.45, 2.75) is 89.1 Å². The molecule has 2 aliphatic rings. The molecule has 0 aromatic carbocycles. The number of hydrogen-bond acceptors (Lipinski definition) is 6. The molecule has 2 saturated carbocycles. The Hall–Kier alpha value is -2.89. The number of furan rings is 1. The SMILES string of the molecule is O=C(CNC(=O)[C@H](CC1CCCCC1)NC(=O)c1ccc(Br)o1)NCC(=O)N[C@@H](CC1CCCCC1)C(=O)O. The molecule has 1 aromatic rings. The molecular formula is C27H39BrN4O7. The third-order valence-corrected chi connectivity index (χ3v) is 7.94. The smallest absolute Gasteiger partial charge is 0.326 e. The molecule has 0 bridgehead atoms. The standard InChI is InChI=1S/C27H39BrN4O7/c28-22-12-11-21(39-22)26(36)32-19(13-17-7-3-1-4-8-17)25(35)30-15-23(33)29-16-24(34)31-20(27(37)38)14-18-9-5-2-6-10-18/h11-12,17-20H,1-10,13-16H2,(H,29,33)(H,30,35)(H,31,34)(H,32,36)(H,37,38)/t19-,20-/m0/s1. The molecule has 0 spiro atoms. The Morgan fingerprint density at radius 3 is 1.90 bits per heavy atom. The average Bonchev–Trinajstić information content (AvgIpc) is 3.37. The van der Waals surface area contributed by atoms with E-state index in [9.17, 15) is 29.1 Å². The van der Waals surface area contributed by atoms with E-state index in [4.69, 9.17) is 4.42 Å². The lowest BCUT2D eigenvalue weighted by molar-refractivity contribution is -0.142. The van der Waals surface area contributed by atoms with Crippen molar-refractivity contribution in [2.75, 3.05) is 13.1 Å². The van der Waals surface area contributed by atoms with Crippen LogP contribution in [0.2, 0.25) is 0 Å². The van der Waals surface area contributed by atoms with Crippen LogP contribution in [0.3, 0.4) is 0 Å². The van der Waals surface area contributed by atoms with E-state index in [1.807, 2.05) is 0 Å². The topological polar surface area (TPSA) is 167 Å². The van der Waals surface area contributed by atoms with Gasteiger partial charge in [-0.2, -0.15) is 0 Å². The lowest BCUT2D eigenvalue weighted by atomic mass is 9.84. The highest BCUT2D eigenvalue weighted by Crippen LogP contribution is 2.28. The first-order chi connectivity index (χ1) is 18.7. The minimum Gasteiger partial charge on any atom is -0.480 e. The molecule has 0 aliphatic heterocycles. The lowest BCUT2D eigenvalue weighted by Gasteiger charge is -2.26. The van der Waals surface area contributed by atoms with Crippen molar-refractivity contribution in [1.29, 1.82) is 0 Å². The van der Waals surface area contributed by atoms with Gasteiger partial charge in [0.05, 0.1) is 13.1 Å². The predicted molar refractivity (Wildman–Crippen MR) is 146 cm³/mol. The molecule has 39 heavy (non-hydrogen) atoms. The van der Waals surface area contributed by atoms with E-state index >= 15 is 0 Å². The first-order valence-corrected chi connectivity index (χ1v) is 14.6. The van der Waals surface area contributed by atoms with Gasteiger partial charge >= 0.3 is 5.97 Å². The van der Waals surface area contributed by atoms with E-state index in [1.165, 1.54) is 6.07 Å². The van der Waals surface area contributed by atoms with Crippen molar-refractivity contribution in [1.82, 2.24) is 21.3 Å². The first-order valence-electron chi connectivity index (χ1n) is 13.8. The number of hydrogen-bond donors (Lipinski definition) is 5. The Balaban J connectivity index is 1.45. The molecule has 4 amide bonds. The molecule has 0 saturated heterocycles. The molecule has 2 aliphatic carbocycles. The quantitative estimate of drug-likeness (QED) is 0.229. The molecule has 3 rings (SSSR count). The van der Waals surface area contributed by atoms with Crippen LogP contribution in [0, 0.1) is 11.8 Å². The molecule has 0 radical (unpaired) electrons. The third-order valence-electron chi connectivity index (χ3n) is 7.51. The summed E-state index contributed by atoms with van der Waals surface area (Å²) in [6.07, 6.45) is 11.3. The van der Waals surface area contributed by atoms with Gasteiger partial charge < -0.3 is 30.8 Å². The number of carboxylic acid groups (broad SMARTS) is 1. The summed E-state index contributed by atoms with van der Waals surface area (Å²) in [7, 11) is 0. The first kappa shape index (κ1) is 30.6. The summed E-state index contributed by atoms with van der Waals surface area (Å²) in [5, 5.41) is 19.6. The highest BCUT2D eigenvalue weighted by molar-refractivity contribution is 9.10. The van der Waals surface area contributed by atoms with Gasteiger partial charge in [0.1, 0.15) is 12.1 Å². The van der Waals surface area contributed by atoms with Crippen molar-refractivity contribution in [3.8, 4) is 0 Å². The Morgan fingerprint density at radius 2 is 1.36 bits per heavy atom. The van der Waals surface area contributed by atoms with Gasteiger partial charge in [-0.05, 0) is 52.7 Å². The van der Waals surface area contributed by atoms with Crippen LogP contribution in [0.1, 0.15) is 87.6 Å². The highest BCUT2D eigenvalue weighted by atomic mass is 79.9. The monoisotopic (exact) mass is 610 g/mol. The van der Waals surface area contributed by atoms with Gasteiger partial charge in [0.2, 0.25) is 17.7 Å². The van der Waals surface area contributed by atoms with E-state index < -0.39 is 48.2 Å². The van der Waals surface area contributed by atoms with E-state index in [0.717, 1.165) is 64.2 Å². The molecule has 5 N–H and O–H groups in total. The fraction of sp³-hybridized carbons (Fsp3) is 0.667. The second kappa shape index (κ2) is 15.6. The summed E-state index contributed by atoms with van der Waals surface area (Å²) in [6.45, 7) is -0.793. The number of carbonyl (C=O) groups excluding carboxylic acids is 4. The number of halogens is 1. The van der Waals surface area contributed by atoms with Crippen molar-refractivity contribution >= 4 is 45.5 Å². The van der Waals surface area contributed by atoms with Crippen LogP contribution in [-0.4, -0.2) is 59.9 Å². The lowest BCUT2D eigenvalue weighted by Crippen LogP contribution is -2.51. The summed E-state index contributed by atoms with van der Waals surface area (Å²) in [5.74, 6) is -2.72. The normalized spacial score (nSPS) is 18.0. The van der Waals surface area contributed by atoms with Gasteiger partial charge in [0, 0.05) is 0 Å². The fourth-order valence-corrected chi connectivity index (χ4v) is 5.71. The maximum absolute atomic E-state index is 13.0. The molecule has 1 aromatic heterocycles. The minimum atomic E-state index is -1.10. The molecule has 216 valence electrons. The second-order valence-corrected chi connectivity index (χ2v) is 11.3. The van der Waals surface area contributed by atoms with Crippen molar-refractivity contribution in [2.24, 2.45) is 11.8 Å². The number of carbonyl (C=O) groups is 5. The van der Waals surface area contributed by atoms with Crippen LogP contribution in [0.15, 0.2) is 21.2 Å². The molecule has 1 heterocycles. The minimum absolute atomic E-state index is 0.0650. The number of rotatable bonds is 13. The molecule has 2 fully saturated rings. The van der Waals surface area contributed by atoms with Gasteiger partial charge in [-0.15, -0.1) is 0 Å². The van der Waals surface area contributed by atoms with Gasteiger partial charge in [-0.1, -0.05) is 64.2 Å². The molecular weight excluding hydrogens is 572 g/mol. The fourth-order valence-electron chi connectivity index (χ4n) is 5.41. The number of carboxylic acids is 1. The number of nitrogens with one attached hydrogen (secondary N) is 4. The summed E-state index contributed by atoms with van der Waals surface area (Å²) in [4.78, 5) is 61.8. The van der Waals surface area contributed by atoms with Gasteiger partial charge in [0.15, 0.2) is 10.4 Å². The Kier molecular flexibility index (Phi) is 12.3. The van der Waals surface area contributed by atoms with Crippen LogP contribution < -0.4 is 21.3 Å². The van der Waals surface area contributed by atoms with E-state index in [1.54, 1.807) is 6.07 Å². The Bertz CT molecular complexity index is 1000. The van der Waals surface area contributed by atoms with Crippen LogP contribution in [-0.2, 0) is 19.2 Å². The molecule has 2 atom stereocenters. The van der Waals surface area contributed by atoms with Crippen LogP contribution >= 0.6 is 15.9 Å². The second-order valence-electron chi connectivity index (χ2n) is 10.6. The van der Waals surface area contributed by atoms with Gasteiger partial charge in [0.25, 0.3) is 5.91 Å². The van der Waals surface area contributed by atoms with Crippen molar-refractivity contribution < 1.29 is 33.5 Å². The Morgan fingerprint density at radius 1 is 0.795 bits per heavy atom. The zero-order chi connectivity index (χ0) is 28.2. The molecule has 11 nitrogen and oxygen atoms in total. The van der Waals surface area contributed by atoms with Crippen molar-refractivity contribution in [3.63, 3.8) is 0 Å². The van der Waals surface area contributed by atoms with E-state index in [2.05, 4.69) is 37.2 Å². The average molecular weight is 612 g/mol. The highest BCUT2D eigenvalue weighted by Gasteiger charge is 2.28. The van der Waals surface area contributed by atoms with Gasteiger partial charge in [-0.3, -0.25) is 19.2 Å². The number of amides is 4. The summed E-state index contributed by atoms with van der Waals surface area (Å²) in [6, 6.07) is 1.23. The van der Waals surface area contributed by atoms with Crippen LogP contribution in [0.4, 0.5) is 0 Å². The maximum atomic E-state index is 13.0. The van der Waals surface area contributed by atoms with Crippen molar-refractivity contribution in [3.05, 3.63) is 22.6 Å². The summed E-state index contributed by atoms with van der Waals surface area (Å²) in [5.41, 5.74) is 0. The zero-order valence-corrected chi connectivity index (χ0v) is 23.7. The molecule has 0 unspecified atom stereocenters. The van der Waals surface area contributed by atoms with Crippen LogP contribution in [0.25, 0.3) is 0 Å². The summed E-state index contributed by atoms with van der Waals surface area (Å²) < 4.78 is 5.68. The maximum Gasteiger partial charge on any atom is 0.326 e. The molecule has 12 heteroatoms. The van der Waals surface area contributed by atoms with E-state index in [-0.39, 0.29) is 24.1 Å². The summed E-state index contributed by atoms with van der Waals surface area (Å²) >= 11 is 3.16. The van der Waals surface area contributed by atoms with Crippen LogP contribution in [0.5, 0.6) is 0 Å². The number of aliphatic carboxylic acids is 1. The van der Waals surface area contributed by atoms with E-state index in [0.29, 0.717) is 17.5 Å². The zero-order valence-electron chi connectivity index (χ0n) is 22.1. The third kappa shape index (κ3) is 10.7. The predicted octanol–water partition coefficient (Wildman–Crippen LogP) is 2.88. The van der Waals surface area contributed by atoms with Gasteiger partial charge in [-0.25, -0.2) is 4.79 Å². The Labute approximate surface area is 236 Å².